The molecule has 0 saturated heterocycles. The summed E-state index contributed by atoms with van der Waals surface area (Å²) in [6.45, 7) is -0.924. The van der Waals surface area contributed by atoms with Gasteiger partial charge in [0, 0.05) is 23.7 Å². The Morgan fingerprint density at radius 2 is 1.83 bits per heavy atom. The quantitative estimate of drug-likeness (QED) is 0.521. The van der Waals surface area contributed by atoms with Crippen LogP contribution < -0.4 is 20.1 Å². The SMILES string of the molecule is O=C(NCc1cccc(OCC(F)(F)F)c1)Nc1cccc(OCc2cscn2)c1. The molecular formula is C20H18F3N3O3S. The molecule has 0 bridgehead atoms. The lowest BCUT2D eigenvalue weighted by Gasteiger charge is -2.12. The second kappa shape index (κ2) is 9.97. The largest absolute Gasteiger partial charge is 0.487 e. The van der Waals surface area contributed by atoms with Crippen molar-refractivity contribution in [3.05, 3.63) is 70.7 Å². The van der Waals surface area contributed by atoms with Crippen LogP contribution in [0.4, 0.5) is 23.7 Å². The fraction of sp³-hybridized carbons (Fsp3) is 0.200. The van der Waals surface area contributed by atoms with Gasteiger partial charge in [-0.3, -0.25) is 0 Å². The van der Waals surface area contributed by atoms with Gasteiger partial charge in [-0.25, -0.2) is 9.78 Å². The summed E-state index contributed by atoms with van der Waals surface area (Å²) in [4.78, 5) is 16.3. The first-order chi connectivity index (χ1) is 14.4. The number of urea groups is 1. The highest BCUT2D eigenvalue weighted by atomic mass is 32.1. The molecule has 0 atom stereocenters. The molecule has 0 fully saturated rings. The number of thiazole rings is 1. The van der Waals surface area contributed by atoms with Crippen molar-refractivity contribution in [2.24, 2.45) is 0 Å². The molecule has 0 aliphatic heterocycles. The van der Waals surface area contributed by atoms with Gasteiger partial charge in [0.1, 0.15) is 18.1 Å². The van der Waals surface area contributed by atoms with E-state index in [9.17, 15) is 18.0 Å². The van der Waals surface area contributed by atoms with E-state index in [0.29, 0.717) is 23.6 Å². The molecule has 0 spiro atoms. The van der Waals surface area contributed by atoms with Gasteiger partial charge in [0.05, 0.1) is 11.2 Å². The number of nitrogens with one attached hydrogen (secondary N) is 2. The maximum Gasteiger partial charge on any atom is 0.422 e. The number of amides is 2. The fourth-order valence-corrected chi connectivity index (χ4v) is 2.94. The smallest absolute Gasteiger partial charge is 0.422 e. The Hall–Kier alpha value is -3.27. The zero-order valence-electron chi connectivity index (χ0n) is 15.6. The van der Waals surface area contributed by atoms with Crippen molar-refractivity contribution in [1.82, 2.24) is 10.3 Å². The van der Waals surface area contributed by atoms with Crippen molar-refractivity contribution in [3.8, 4) is 11.5 Å². The molecule has 2 amide bonds. The van der Waals surface area contributed by atoms with E-state index in [0.717, 1.165) is 5.69 Å². The van der Waals surface area contributed by atoms with Crippen molar-refractivity contribution in [1.29, 1.82) is 0 Å². The van der Waals surface area contributed by atoms with Crippen LogP contribution in [-0.4, -0.2) is 23.8 Å². The average Bonchev–Trinajstić information content (AvgIpc) is 3.23. The third-order valence-corrected chi connectivity index (χ3v) is 4.35. The highest BCUT2D eigenvalue weighted by Crippen LogP contribution is 2.20. The van der Waals surface area contributed by atoms with Gasteiger partial charge in [-0.05, 0) is 29.8 Å². The number of ether oxygens (including phenoxy) is 2. The summed E-state index contributed by atoms with van der Waals surface area (Å²) >= 11 is 1.48. The molecule has 10 heteroatoms. The van der Waals surface area contributed by atoms with Crippen LogP contribution in [0.1, 0.15) is 11.3 Å². The molecule has 3 rings (SSSR count). The molecular weight excluding hydrogens is 419 g/mol. The van der Waals surface area contributed by atoms with Crippen molar-refractivity contribution < 1.29 is 27.4 Å². The lowest BCUT2D eigenvalue weighted by Crippen LogP contribution is -2.28. The van der Waals surface area contributed by atoms with Gasteiger partial charge in [0.15, 0.2) is 6.61 Å². The average molecular weight is 437 g/mol. The van der Waals surface area contributed by atoms with E-state index < -0.39 is 18.8 Å². The minimum absolute atomic E-state index is 0.0806. The molecule has 0 aliphatic rings. The number of nitrogens with zero attached hydrogens (tertiary/aromatic N) is 1. The van der Waals surface area contributed by atoms with Crippen LogP contribution in [0, 0.1) is 0 Å². The van der Waals surface area contributed by atoms with E-state index in [4.69, 9.17) is 9.47 Å². The van der Waals surface area contributed by atoms with Crippen LogP contribution in [0.2, 0.25) is 0 Å². The Labute approximate surface area is 174 Å². The molecule has 0 radical (unpaired) electrons. The molecule has 158 valence electrons. The van der Waals surface area contributed by atoms with E-state index in [1.54, 1.807) is 41.9 Å². The monoisotopic (exact) mass is 437 g/mol. The number of carbonyl (C=O) groups is 1. The molecule has 0 saturated carbocycles. The van der Waals surface area contributed by atoms with Gasteiger partial charge in [0.25, 0.3) is 0 Å². The van der Waals surface area contributed by atoms with Crippen molar-refractivity contribution in [2.75, 3.05) is 11.9 Å². The first kappa shape index (κ1) is 21.4. The minimum Gasteiger partial charge on any atom is -0.487 e. The molecule has 0 aliphatic carbocycles. The number of carbonyl (C=O) groups excluding carboxylic acids is 1. The lowest BCUT2D eigenvalue weighted by molar-refractivity contribution is -0.153. The number of alkyl halides is 3. The minimum atomic E-state index is -4.41. The predicted molar refractivity (Wildman–Crippen MR) is 107 cm³/mol. The Morgan fingerprint density at radius 3 is 2.57 bits per heavy atom. The van der Waals surface area contributed by atoms with Crippen LogP contribution in [0.3, 0.4) is 0 Å². The highest BCUT2D eigenvalue weighted by Gasteiger charge is 2.28. The lowest BCUT2D eigenvalue weighted by atomic mass is 10.2. The second-order valence-electron chi connectivity index (χ2n) is 6.16. The molecule has 2 N–H and O–H groups in total. The maximum absolute atomic E-state index is 12.2. The van der Waals surface area contributed by atoms with Crippen molar-refractivity contribution in [3.63, 3.8) is 0 Å². The van der Waals surface area contributed by atoms with Gasteiger partial charge in [-0.15, -0.1) is 11.3 Å². The van der Waals surface area contributed by atoms with E-state index in [1.807, 2.05) is 5.38 Å². The van der Waals surface area contributed by atoms with Gasteiger partial charge >= 0.3 is 12.2 Å². The third-order valence-electron chi connectivity index (χ3n) is 3.72. The van der Waals surface area contributed by atoms with Crippen molar-refractivity contribution >= 4 is 23.1 Å². The van der Waals surface area contributed by atoms with Gasteiger partial charge in [-0.2, -0.15) is 13.2 Å². The van der Waals surface area contributed by atoms with Crippen LogP contribution in [0.15, 0.2) is 59.4 Å². The number of hydrogen-bond donors (Lipinski definition) is 2. The summed E-state index contributed by atoms with van der Waals surface area (Å²) in [5.41, 5.74) is 3.67. The number of anilines is 1. The molecule has 6 nitrogen and oxygen atoms in total. The first-order valence-corrected chi connectivity index (χ1v) is 9.75. The van der Waals surface area contributed by atoms with Crippen LogP contribution in [0.5, 0.6) is 11.5 Å². The van der Waals surface area contributed by atoms with E-state index in [-0.39, 0.29) is 12.3 Å². The third kappa shape index (κ3) is 7.28. The molecule has 0 unspecified atom stereocenters. The standard InChI is InChI=1S/C20H18F3N3O3S/c21-20(22,23)12-29-17-5-1-3-14(7-17)9-24-19(27)26-15-4-2-6-18(8-15)28-10-16-11-30-13-25-16/h1-8,11,13H,9-10,12H2,(H2,24,26,27). The summed E-state index contributed by atoms with van der Waals surface area (Å²) < 4.78 is 47.1. The van der Waals surface area contributed by atoms with Crippen LogP contribution >= 0.6 is 11.3 Å². The molecule has 30 heavy (non-hydrogen) atoms. The summed E-state index contributed by atoms with van der Waals surface area (Å²) in [5.74, 6) is 0.660. The Bertz CT molecular complexity index is 965. The van der Waals surface area contributed by atoms with Gasteiger partial charge < -0.3 is 20.1 Å². The molecule has 1 aromatic heterocycles. The molecule has 3 aromatic rings. The Balaban J connectivity index is 1.48. The van der Waals surface area contributed by atoms with E-state index in [1.165, 1.54) is 23.5 Å². The highest BCUT2D eigenvalue weighted by molar-refractivity contribution is 7.07. The Kier molecular flexibility index (Phi) is 7.12. The van der Waals surface area contributed by atoms with Gasteiger partial charge in [0.2, 0.25) is 0 Å². The van der Waals surface area contributed by atoms with Gasteiger partial charge in [-0.1, -0.05) is 18.2 Å². The summed E-state index contributed by atoms with van der Waals surface area (Å²) in [5, 5.41) is 7.21. The molecule has 2 aromatic carbocycles. The predicted octanol–water partition coefficient (Wildman–Crippen LogP) is 4.98. The Morgan fingerprint density at radius 1 is 1.07 bits per heavy atom. The topological polar surface area (TPSA) is 72.5 Å². The normalized spacial score (nSPS) is 11.0. The van der Waals surface area contributed by atoms with Crippen LogP contribution in [-0.2, 0) is 13.2 Å². The number of aromatic nitrogens is 1. The summed E-state index contributed by atoms with van der Waals surface area (Å²) in [6, 6.07) is 12.5. The number of halogens is 3. The molecule has 1 heterocycles. The maximum atomic E-state index is 12.2. The second-order valence-corrected chi connectivity index (χ2v) is 6.87. The zero-order valence-corrected chi connectivity index (χ0v) is 16.4. The fourth-order valence-electron chi connectivity index (χ4n) is 2.40. The number of rotatable bonds is 8. The summed E-state index contributed by atoms with van der Waals surface area (Å²) in [7, 11) is 0. The van der Waals surface area contributed by atoms with E-state index >= 15 is 0 Å². The summed E-state index contributed by atoms with van der Waals surface area (Å²) in [6.07, 6.45) is -4.41. The van der Waals surface area contributed by atoms with Crippen molar-refractivity contribution in [2.45, 2.75) is 19.3 Å². The zero-order chi connectivity index (χ0) is 21.4. The van der Waals surface area contributed by atoms with E-state index in [2.05, 4.69) is 15.6 Å². The van der Waals surface area contributed by atoms with Crippen LogP contribution in [0.25, 0.3) is 0 Å². The number of hydrogen-bond acceptors (Lipinski definition) is 5. The number of benzene rings is 2. The first-order valence-electron chi connectivity index (χ1n) is 8.81.